The summed E-state index contributed by atoms with van der Waals surface area (Å²) in [6.45, 7) is 2.40. The monoisotopic (exact) mass is 353 g/mol. The molecule has 0 atom stereocenters. The van der Waals surface area contributed by atoms with E-state index in [4.69, 9.17) is 18.9 Å². The summed E-state index contributed by atoms with van der Waals surface area (Å²) < 4.78 is 21.3. The van der Waals surface area contributed by atoms with Crippen molar-refractivity contribution in [1.82, 2.24) is 0 Å². The largest absolute Gasteiger partial charge is 0.497 e. The van der Waals surface area contributed by atoms with Crippen LogP contribution in [0.3, 0.4) is 0 Å². The lowest BCUT2D eigenvalue weighted by molar-refractivity contribution is -0.129. The van der Waals surface area contributed by atoms with E-state index in [9.17, 15) is 4.79 Å². The molecule has 0 fully saturated rings. The van der Waals surface area contributed by atoms with Gasteiger partial charge in [0.05, 0.1) is 20.8 Å². The van der Waals surface area contributed by atoms with Gasteiger partial charge in [0, 0.05) is 5.56 Å². The summed E-state index contributed by atoms with van der Waals surface area (Å²) in [5.41, 5.74) is 1.65. The molecule has 2 aromatic rings. The minimum absolute atomic E-state index is 0.218. The Morgan fingerprint density at radius 3 is 2.65 bits per heavy atom. The summed E-state index contributed by atoms with van der Waals surface area (Å²) in [6.07, 6.45) is 1.65. The van der Waals surface area contributed by atoms with Crippen LogP contribution in [0.5, 0.6) is 17.2 Å². The quantitative estimate of drug-likeness (QED) is 0.588. The molecule has 0 unspecified atom stereocenters. The van der Waals surface area contributed by atoms with Crippen LogP contribution >= 0.6 is 0 Å². The van der Waals surface area contributed by atoms with Crippen LogP contribution in [0.2, 0.25) is 0 Å². The van der Waals surface area contributed by atoms with Gasteiger partial charge >= 0.3 is 5.97 Å². The Kier molecular flexibility index (Phi) is 5.22. The van der Waals surface area contributed by atoms with Gasteiger partial charge in [0.2, 0.25) is 5.90 Å². The van der Waals surface area contributed by atoms with Gasteiger partial charge in [0.25, 0.3) is 0 Å². The Hall–Kier alpha value is -3.28. The first-order valence-corrected chi connectivity index (χ1v) is 8.12. The molecule has 2 aromatic carbocycles. The second-order valence-corrected chi connectivity index (χ2v) is 5.41. The molecule has 0 saturated heterocycles. The molecule has 134 valence electrons. The Morgan fingerprint density at radius 2 is 1.92 bits per heavy atom. The second kappa shape index (κ2) is 7.74. The number of rotatable bonds is 6. The van der Waals surface area contributed by atoms with Crippen molar-refractivity contribution in [3.05, 3.63) is 59.3 Å². The fraction of sp³-hybridized carbons (Fsp3) is 0.200. The molecule has 6 heteroatoms. The Morgan fingerprint density at radius 1 is 1.08 bits per heavy atom. The molecule has 26 heavy (non-hydrogen) atoms. The number of methoxy groups -OCH3 is 2. The number of cyclic esters (lactones) is 1. The van der Waals surface area contributed by atoms with Crippen molar-refractivity contribution in [3.8, 4) is 17.2 Å². The predicted molar refractivity (Wildman–Crippen MR) is 97.8 cm³/mol. The number of carbonyl (C=O) groups is 1. The van der Waals surface area contributed by atoms with Gasteiger partial charge in [-0.3, -0.25) is 0 Å². The van der Waals surface area contributed by atoms with Gasteiger partial charge in [0.15, 0.2) is 17.2 Å². The van der Waals surface area contributed by atoms with Gasteiger partial charge < -0.3 is 18.9 Å². The van der Waals surface area contributed by atoms with Crippen LogP contribution in [-0.4, -0.2) is 32.7 Å². The van der Waals surface area contributed by atoms with E-state index in [0.717, 1.165) is 5.56 Å². The van der Waals surface area contributed by atoms with Gasteiger partial charge in [0.1, 0.15) is 5.75 Å². The van der Waals surface area contributed by atoms with Crippen LogP contribution in [0.4, 0.5) is 0 Å². The van der Waals surface area contributed by atoms with Crippen LogP contribution in [-0.2, 0) is 9.53 Å². The molecular formula is C20H19NO5. The maximum Gasteiger partial charge on any atom is 0.363 e. The Bertz CT molecular complexity index is 886. The summed E-state index contributed by atoms with van der Waals surface area (Å²) in [4.78, 5) is 16.5. The molecule has 0 saturated carbocycles. The van der Waals surface area contributed by atoms with E-state index in [1.807, 2.05) is 25.1 Å². The first-order chi connectivity index (χ1) is 12.6. The Balaban J connectivity index is 1.92. The molecule has 1 heterocycles. The summed E-state index contributed by atoms with van der Waals surface area (Å²) in [5, 5.41) is 0. The van der Waals surface area contributed by atoms with Gasteiger partial charge in [-0.1, -0.05) is 12.1 Å². The van der Waals surface area contributed by atoms with E-state index in [2.05, 4.69) is 4.99 Å². The minimum Gasteiger partial charge on any atom is -0.497 e. The molecule has 0 aliphatic carbocycles. The van der Waals surface area contributed by atoms with Crippen LogP contribution in [0.1, 0.15) is 18.1 Å². The average Bonchev–Trinajstić information content (AvgIpc) is 3.03. The fourth-order valence-electron chi connectivity index (χ4n) is 2.50. The third-order valence-corrected chi connectivity index (χ3v) is 3.73. The van der Waals surface area contributed by atoms with E-state index in [-0.39, 0.29) is 11.6 Å². The highest BCUT2D eigenvalue weighted by Gasteiger charge is 2.24. The van der Waals surface area contributed by atoms with Crippen molar-refractivity contribution >= 4 is 17.9 Å². The van der Waals surface area contributed by atoms with Crippen molar-refractivity contribution in [2.45, 2.75) is 6.92 Å². The number of carbonyl (C=O) groups excluding carboxylic acids is 1. The molecule has 0 N–H and O–H groups in total. The molecule has 1 aliphatic heterocycles. The number of hydrogen-bond acceptors (Lipinski definition) is 6. The smallest absolute Gasteiger partial charge is 0.363 e. The zero-order chi connectivity index (χ0) is 18.5. The molecule has 0 aromatic heterocycles. The van der Waals surface area contributed by atoms with Crippen molar-refractivity contribution in [3.63, 3.8) is 0 Å². The van der Waals surface area contributed by atoms with Crippen molar-refractivity contribution < 1.29 is 23.7 Å². The minimum atomic E-state index is -0.503. The standard InChI is InChI=1S/C20H19NO5/c1-4-25-18-11-13(8-9-17(18)24-3)10-16-20(22)26-19(21-16)14-6-5-7-15(12-14)23-2/h5-12H,4H2,1-3H3. The molecule has 0 amide bonds. The SMILES string of the molecule is CCOc1cc(C=C2N=C(c3cccc(OC)c3)OC2=O)ccc1OC. The average molecular weight is 353 g/mol. The van der Waals surface area contributed by atoms with Gasteiger partial charge in [-0.15, -0.1) is 0 Å². The molecule has 0 spiro atoms. The molecule has 1 aliphatic rings. The summed E-state index contributed by atoms with van der Waals surface area (Å²) >= 11 is 0. The number of ether oxygens (including phenoxy) is 4. The van der Waals surface area contributed by atoms with Crippen molar-refractivity contribution in [2.75, 3.05) is 20.8 Å². The van der Waals surface area contributed by atoms with Crippen LogP contribution < -0.4 is 14.2 Å². The van der Waals surface area contributed by atoms with E-state index >= 15 is 0 Å². The second-order valence-electron chi connectivity index (χ2n) is 5.41. The van der Waals surface area contributed by atoms with Gasteiger partial charge in [-0.25, -0.2) is 9.79 Å². The molecule has 0 bridgehead atoms. The van der Waals surface area contributed by atoms with Gasteiger partial charge in [-0.2, -0.15) is 0 Å². The predicted octanol–water partition coefficient (Wildman–Crippen LogP) is 3.45. The highest BCUT2D eigenvalue weighted by atomic mass is 16.6. The number of esters is 1. The highest BCUT2D eigenvalue weighted by molar-refractivity contribution is 6.13. The zero-order valence-electron chi connectivity index (χ0n) is 14.8. The molecule has 3 rings (SSSR count). The lowest BCUT2D eigenvalue weighted by Crippen LogP contribution is -2.05. The lowest BCUT2D eigenvalue weighted by Gasteiger charge is -2.09. The molecule has 0 radical (unpaired) electrons. The summed E-state index contributed by atoms with van der Waals surface area (Å²) in [7, 11) is 3.15. The number of nitrogens with zero attached hydrogens (tertiary/aromatic N) is 1. The first-order valence-electron chi connectivity index (χ1n) is 8.12. The van der Waals surface area contributed by atoms with Crippen LogP contribution in [0.15, 0.2) is 53.2 Å². The van der Waals surface area contributed by atoms with Crippen LogP contribution in [0.25, 0.3) is 6.08 Å². The highest BCUT2D eigenvalue weighted by Crippen LogP contribution is 2.30. The maximum atomic E-state index is 12.2. The van der Waals surface area contributed by atoms with Crippen molar-refractivity contribution in [2.24, 2.45) is 4.99 Å². The number of benzene rings is 2. The normalized spacial score (nSPS) is 14.8. The van der Waals surface area contributed by atoms with E-state index in [1.54, 1.807) is 44.6 Å². The number of aliphatic imine (C=N–C) groups is 1. The third-order valence-electron chi connectivity index (χ3n) is 3.73. The van der Waals surface area contributed by atoms with Gasteiger partial charge in [-0.05, 0) is 48.9 Å². The van der Waals surface area contributed by atoms with Crippen LogP contribution in [0, 0.1) is 0 Å². The fourth-order valence-corrected chi connectivity index (χ4v) is 2.50. The topological polar surface area (TPSA) is 66.3 Å². The third kappa shape index (κ3) is 3.69. The van der Waals surface area contributed by atoms with Crippen molar-refractivity contribution in [1.29, 1.82) is 0 Å². The molecule has 6 nitrogen and oxygen atoms in total. The van der Waals surface area contributed by atoms with E-state index < -0.39 is 5.97 Å². The van der Waals surface area contributed by atoms with E-state index in [1.165, 1.54) is 0 Å². The zero-order valence-corrected chi connectivity index (χ0v) is 14.8. The summed E-state index contributed by atoms with van der Waals surface area (Å²) in [5.74, 6) is 1.64. The summed E-state index contributed by atoms with van der Waals surface area (Å²) in [6, 6.07) is 12.6. The molecular weight excluding hydrogens is 334 g/mol. The maximum absolute atomic E-state index is 12.2. The Labute approximate surface area is 151 Å². The van der Waals surface area contributed by atoms with E-state index in [0.29, 0.717) is 29.4 Å². The number of hydrogen-bond donors (Lipinski definition) is 0. The first kappa shape index (κ1) is 17.5. The lowest BCUT2D eigenvalue weighted by atomic mass is 10.1.